The van der Waals surface area contributed by atoms with Crippen molar-refractivity contribution in [2.24, 2.45) is 0 Å². The van der Waals surface area contributed by atoms with Gasteiger partial charge in [0.2, 0.25) is 0 Å². The summed E-state index contributed by atoms with van der Waals surface area (Å²) in [6, 6.07) is 10.5. The predicted molar refractivity (Wildman–Crippen MR) is 51.7 cm³/mol. The van der Waals surface area contributed by atoms with Crippen molar-refractivity contribution in [1.29, 1.82) is 0 Å². The van der Waals surface area contributed by atoms with Gasteiger partial charge in [0.05, 0.1) is 0 Å². The van der Waals surface area contributed by atoms with Crippen molar-refractivity contribution in [3.8, 4) is 0 Å². The third kappa shape index (κ3) is 3.63. The fourth-order valence-corrected chi connectivity index (χ4v) is 1.13. The molecule has 1 unspecified atom stereocenters. The van der Waals surface area contributed by atoms with Crippen molar-refractivity contribution in [3.05, 3.63) is 30.3 Å². The maximum atomic E-state index is 2.19. The summed E-state index contributed by atoms with van der Waals surface area (Å²) in [4.78, 5) is 0. The summed E-state index contributed by atoms with van der Waals surface area (Å²) in [6.07, 6.45) is 0. The summed E-state index contributed by atoms with van der Waals surface area (Å²) in [5.74, 6) is 0. The average molecular weight is 154 g/mol. The summed E-state index contributed by atoms with van der Waals surface area (Å²) >= 11 is 0. The summed E-state index contributed by atoms with van der Waals surface area (Å²) < 4.78 is 0. The van der Waals surface area contributed by atoms with Gasteiger partial charge < -0.3 is 0 Å². The molecule has 0 aliphatic carbocycles. The number of rotatable bonds is 1. The molecule has 0 aromatic heterocycles. The minimum Gasteiger partial charge on any atom is -0.0936 e. The van der Waals surface area contributed by atoms with E-state index >= 15 is 0 Å². The molecule has 0 nitrogen and oxygen atoms in total. The predicted octanol–water partition coefficient (Wildman–Crippen LogP) is 2.65. The Labute approximate surface area is 65.4 Å². The van der Waals surface area contributed by atoms with E-state index in [2.05, 4.69) is 30.9 Å². The molecule has 0 heterocycles. The van der Waals surface area contributed by atoms with E-state index in [4.69, 9.17) is 0 Å². The van der Waals surface area contributed by atoms with Gasteiger partial charge in [-0.2, -0.15) is 0 Å². The minimum absolute atomic E-state index is 0.930. The van der Waals surface area contributed by atoms with Crippen LogP contribution < -0.4 is 5.30 Å². The maximum Gasteiger partial charge on any atom is -0.0274 e. The van der Waals surface area contributed by atoms with E-state index in [9.17, 15) is 0 Å². The molecule has 0 N–H and O–H groups in total. The van der Waals surface area contributed by atoms with Crippen LogP contribution in [0.15, 0.2) is 30.3 Å². The Hall–Kier alpha value is -0.350. The lowest BCUT2D eigenvalue weighted by Crippen LogP contribution is -1.87. The molecule has 1 atom stereocenters. The standard InChI is InChI=1S/C7H9P.C2H6/c1-8-7-5-3-2-4-6-7;1-2/h2-6,8H,1H3;1-2H3. The van der Waals surface area contributed by atoms with Crippen LogP contribution in [0.2, 0.25) is 0 Å². The summed E-state index contributed by atoms with van der Waals surface area (Å²) in [5, 5.41) is 1.44. The van der Waals surface area contributed by atoms with Gasteiger partial charge in [-0.15, -0.1) is 0 Å². The fourth-order valence-electron chi connectivity index (χ4n) is 0.605. The van der Waals surface area contributed by atoms with Gasteiger partial charge in [-0.05, 0) is 12.0 Å². The van der Waals surface area contributed by atoms with Crippen molar-refractivity contribution < 1.29 is 0 Å². The monoisotopic (exact) mass is 154 g/mol. The van der Waals surface area contributed by atoms with Crippen LogP contribution in [0.5, 0.6) is 0 Å². The van der Waals surface area contributed by atoms with Crippen LogP contribution in [-0.4, -0.2) is 6.66 Å². The Bertz CT molecular complexity index is 146. The lowest BCUT2D eigenvalue weighted by Gasteiger charge is -1.89. The van der Waals surface area contributed by atoms with Gasteiger partial charge in [0.15, 0.2) is 0 Å². The van der Waals surface area contributed by atoms with E-state index in [0.717, 1.165) is 8.58 Å². The highest BCUT2D eigenvalue weighted by molar-refractivity contribution is 7.46. The molecule has 10 heavy (non-hydrogen) atoms. The first-order valence-corrected chi connectivity index (χ1v) is 5.16. The molecule has 0 spiro atoms. The first kappa shape index (κ1) is 9.65. The highest BCUT2D eigenvalue weighted by Gasteiger charge is 1.79. The first-order chi connectivity index (χ1) is 4.93. The van der Waals surface area contributed by atoms with E-state index in [1.807, 2.05) is 19.9 Å². The molecular weight excluding hydrogens is 139 g/mol. The lowest BCUT2D eigenvalue weighted by molar-refractivity contribution is 1.50. The van der Waals surface area contributed by atoms with E-state index < -0.39 is 0 Å². The second kappa shape index (κ2) is 6.77. The third-order valence-electron chi connectivity index (χ3n) is 1.06. The van der Waals surface area contributed by atoms with Gasteiger partial charge in [0, 0.05) is 0 Å². The van der Waals surface area contributed by atoms with Crippen molar-refractivity contribution in [1.82, 2.24) is 0 Å². The highest BCUT2D eigenvalue weighted by atomic mass is 31.1. The van der Waals surface area contributed by atoms with Gasteiger partial charge >= 0.3 is 0 Å². The Morgan fingerprint density at radius 2 is 1.50 bits per heavy atom. The van der Waals surface area contributed by atoms with Crippen LogP contribution in [0, 0.1) is 0 Å². The quantitative estimate of drug-likeness (QED) is 0.545. The van der Waals surface area contributed by atoms with Gasteiger partial charge in [-0.3, -0.25) is 0 Å². The Balaban J connectivity index is 0.000000371. The first-order valence-electron chi connectivity index (χ1n) is 3.66. The van der Waals surface area contributed by atoms with E-state index in [0.29, 0.717) is 0 Å². The fraction of sp³-hybridized carbons (Fsp3) is 0.333. The molecule has 1 aromatic carbocycles. The van der Waals surface area contributed by atoms with Crippen LogP contribution in [-0.2, 0) is 0 Å². The molecule has 1 rings (SSSR count). The molecule has 0 aliphatic rings. The average Bonchev–Trinajstić information content (AvgIpc) is 2.10. The van der Waals surface area contributed by atoms with E-state index in [1.54, 1.807) is 0 Å². The SMILES string of the molecule is CC.CPc1ccccc1. The Morgan fingerprint density at radius 3 is 1.80 bits per heavy atom. The molecule has 0 aliphatic heterocycles. The van der Waals surface area contributed by atoms with Crippen LogP contribution in [0.4, 0.5) is 0 Å². The normalized spacial score (nSPS) is 9.10. The van der Waals surface area contributed by atoms with Crippen LogP contribution in [0.3, 0.4) is 0 Å². The molecule has 1 heteroatoms. The van der Waals surface area contributed by atoms with Crippen LogP contribution >= 0.6 is 8.58 Å². The smallest absolute Gasteiger partial charge is 0.0274 e. The largest absolute Gasteiger partial charge is 0.0936 e. The van der Waals surface area contributed by atoms with E-state index in [-0.39, 0.29) is 0 Å². The zero-order chi connectivity index (χ0) is 7.82. The zero-order valence-corrected chi connectivity index (χ0v) is 7.89. The molecule has 0 bridgehead atoms. The van der Waals surface area contributed by atoms with E-state index in [1.165, 1.54) is 5.30 Å². The van der Waals surface area contributed by atoms with Crippen molar-refractivity contribution in [2.45, 2.75) is 13.8 Å². The second-order valence-corrected chi connectivity index (χ2v) is 2.69. The second-order valence-electron chi connectivity index (χ2n) is 1.62. The van der Waals surface area contributed by atoms with Gasteiger partial charge in [0.25, 0.3) is 0 Å². The molecule has 56 valence electrons. The molecule has 0 saturated heterocycles. The van der Waals surface area contributed by atoms with Crippen molar-refractivity contribution >= 4 is 13.9 Å². The zero-order valence-electron chi connectivity index (χ0n) is 6.89. The molecule has 0 radical (unpaired) electrons. The van der Waals surface area contributed by atoms with Gasteiger partial charge in [-0.25, -0.2) is 0 Å². The summed E-state index contributed by atoms with van der Waals surface area (Å²) in [5.41, 5.74) is 0. The Kier molecular flexibility index (Phi) is 6.53. The molecular formula is C9H15P. The van der Waals surface area contributed by atoms with Crippen molar-refractivity contribution in [3.63, 3.8) is 0 Å². The summed E-state index contributed by atoms with van der Waals surface area (Å²) in [7, 11) is 0.930. The number of benzene rings is 1. The van der Waals surface area contributed by atoms with Gasteiger partial charge in [0.1, 0.15) is 0 Å². The molecule has 1 aromatic rings. The highest BCUT2D eigenvalue weighted by Crippen LogP contribution is 2.00. The number of hydrogen-bond acceptors (Lipinski definition) is 0. The minimum atomic E-state index is 0.930. The Morgan fingerprint density at radius 1 is 1.00 bits per heavy atom. The number of hydrogen-bond donors (Lipinski definition) is 0. The van der Waals surface area contributed by atoms with Crippen LogP contribution in [0.1, 0.15) is 13.8 Å². The summed E-state index contributed by atoms with van der Waals surface area (Å²) in [6.45, 7) is 6.19. The third-order valence-corrected chi connectivity index (χ3v) is 1.97. The topological polar surface area (TPSA) is 0 Å². The maximum absolute atomic E-state index is 2.19. The van der Waals surface area contributed by atoms with Gasteiger partial charge in [-0.1, -0.05) is 52.8 Å². The molecule has 0 fully saturated rings. The molecule has 0 amide bonds. The lowest BCUT2D eigenvalue weighted by atomic mass is 10.4. The van der Waals surface area contributed by atoms with Crippen LogP contribution in [0.25, 0.3) is 0 Å². The van der Waals surface area contributed by atoms with Crippen molar-refractivity contribution in [2.75, 3.05) is 6.66 Å². The molecule has 0 saturated carbocycles.